The first kappa shape index (κ1) is 46.2. The van der Waals surface area contributed by atoms with E-state index in [0.29, 0.717) is 6.61 Å². The number of ether oxygens (including phenoxy) is 10. The molecule has 332 valence electrons. The molecule has 12 heteroatoms. The Morgan fingerprint density at radius 2 is 1.19 bits per heavy atom. The van der Waals surface area contributed by atoms with E-state index in [0.717, 1.165) is 22.3 Å². The summed E-state index contributed by atoms with van der Waals surface area (Å²) < 4.78 is 74.1. The summed E-state index contributed by atoms with van der Waals surface area (Å²) in [6.45, 7) is 12.3. The number of hydrogen-bond acceptors (Lipinski definition) is 11. The zero-order valence-corrected chi connectivity index (χ0v) is 37.7. The van der Waals surface area contributed by atoms with Crippen LogP contribution in [0.4, 0.5) is 0 Å². The number of rotatable bonds is 18. The minimum atomic E-state index is -2.50. The third-order valence-corrected chi connectivity index (χ3v) is 16.5. The van der Waals surface area contributed by atoms with Gasteiger partial charge >= 0.3 is 0 Å². The van der Waals surface area contributed by atoms with Crippen molar-refractivity contribution in [2.45, 2.75) is 126 Å². The van der Waals surface area contributed by atoms with Gasteiger partial charge in [-0.1, -0.05) is 148 Å². The summed E-state index contributed by atoms with van der Waals surface area (Å²) in [5, 5.41) is -0.148. The lowest BCUT2D eigenvalue weighted by Crippen LogP contribution is -2.68. The Kier molecular flexibility index (Phi) is 16.2. The van der Waals surface area contributed by atoms with Crippen LogP contribution in [-0.4, -0.2) is 96.7 Å². The monoisotopic (exact) mass is 866 g/mol. The molecule has 7 rings (SSSR count). The maximum atomic E-state index is 7.31. The third-order valence-electron chi connectivity index (χ3n) is 12.0. The van der Waals surface area contributed by atoms with Gasteiger partial charge in [-0.15, -0.1) is 6.42 Å². The SMILES string of the molecule is C#CCO[C@@H]1[C@H](O[C@H]2[C@H](OCc3ccccc3)[C@@H](OCc3ccccc3)[C@@H](OC)O[C@@H]2COCc2ccccc2)O[C@@H]2COC(c3ccccc3)O[C@H]2[C@@H]1O[Si](C)(C)C(C)(C)C. The number of methoxy groups -OCH3 is 1. The standard InChI is InChI=1S/C50H62O11Si/c1-8-29-53-46-44(61-62(6,7)50(2,3)4)42-40(34-56-47(59-42)38-27-19-12-20-28-38)58-49(46)60-41-39(33-52-30-35-21-13-9-14-22-35)57-48(51-5)45(55-32-37-25-17-11-18-26-37)43(41)54-31-36-23-15-10-16-24-36/h1,9-28,39-49H,29-34H2,2-7H3/t39-,40-,41-,42-,43+,44+,45-,46+,47?,48+,49+/m1/s1. The number of hydrogen-bond donors (Lipinski definition) is 0. The lowest BCUT2D eigenvalue weighted by Gasteiger charge is -2.53. The summed E-state index contributed by atoms with van der Waals surface area (Å²) in [4.78, 5) is 0. The highest BCUT2D eigenvalue weighted by molar-refractivity contribution is 6.74. The van der Waals surface area contributed by atoms with Crippen molar-refractivity contribution in [2.75, 3.05) is 26.9 Å². The van der Waals surface area contributed by atoms with Crippen molar-refractivity contribution in [1.29, 1.82) is 0 Å². The molecule has 0 bridgehead atoms. The van der Waals surface area contributed by atoms with Crippen molar-refractivity contribution in [3.63, 3.8) is 0 Å². The molecule has 0 aliphatic carbocycles. The van der Waals surface area contributed by atoms with Crippen molar-refractivity contribution >= 4 is 8.32 Å². The molecule has 4 aromatic rings. The van der Waals surface area contributed by atoms with Crippen LogP contribution in [0.5, 0.6) is 0 Å². The predicted molar refractivity (Wildman–Crippen MR) is 236 cm³/mol. The van der Waals surface area contributed by atoms with E-state index in [-0.39, 0.29) is 38.1 Å². The number of benzene rings is 4. The van der Waals surface area contributed by atoms with Crippen LogP contribution < -0.4 is 0 Å². The fourth-order valence-electron chi connectivity index (χ4n) is 7.70. The van der Waals surface area contributed by atoms with Gasteiger partial charge in [-0.2, -0.15) is 0 Å². The Hall–Kier alpha value is -3.78. The van der Waals surface area contributed by atoms with E-state index in [2.05, 4.69) is 39.8 Å². The Labute approximate surface area is 368 Å². The van der Waals surface area contributed by atoms with E-state index in [9.17, 15) is 0 Å². The third kappa shape index (κ3) is 11.7. The van der Waals surface area contributed by atoms with E-state index in [1.807, 2.05) is 121 Å². The zero-order chi connectivity index (χ0) is 43.5. The molecule has 62 heavy (non-hydrogen) atoms. The fraction of sp³-hybridized carbons (Fsp3) is 0.480. The van der Waals surface area contributed by atoms with Crippen LogP contribution in [0, 0.1) is 12.3 Å². The minimum absolute atomic E-state index is 0.0193. The van der Waals surface area contributed by atoms with Gasteiger partial charge in [-0.3, -0.25) is 0 Å². The van der Waals surface area contributed by atoms with Gasteiger partial charge in [0.25, 0.3) is 0 Å². The molecule has 0 N–H and O–H groups in total. The second kappa shape index (κ2) is 21.7. The topological polar surface area (TPSA) is 102 Å². The van der Waals surface area contributed by atoms with Crippen molar-refractivity contribution in [3.8, 4) is 12.3 Å². The molecule has 11 atom stereocenters. The highest BCUT2D eigenvalue weighted by Gasteiger charge is 2.57. The molecule has 0 saturated carbocycles. The number of terminal acetylenes is 1. The lowest BCUT2D eigenvalue weighted by atomic mass is 9.95. The van der Waals surface area contributed by atoms with E-state index < -0.39 is 76.0 Å². The van der Waals surface area contributed by atoms with Crippen LogP contribution >= 0.6 is 0 Å². The summed E-state index contributed by atoms with van der Waals surface area (Å²) in [6.07, 6.45) is -2.31. The molecule has 11 nitrogen and oxygen atoms in total. The van der Waals surface area contributed by atoms with Gasteiger partial charge in [0.2, 0.25) is 0 Å². The smallest absolute Gasteiger partial charge is 0.192 e. The second-order valence-electron chi connectivity index (χ2n) is 17.4. The zero-order valence-electron chi connectivity index (χ0n) is 36.7. The molecule has 0 radical (unpaired) electrons. The second-order valence-corrected chi connectivity index (χ2v) is 22.2. The van der Waals surface area contributed by atoms with Crippen molar-refractivity contribution in [3.05, 3.63) is 144 Å². The Morgan fingerprint density at radius 3 is 1.76 bits per heavy atom. The Bertz CT molecular complexity index is 1960. The first-order valence-corrected chi connectivity index (χ1v) is 24.4. The highest BCUT2D eigenvalue weighted by Crippen LogP contribution is 2.44. The number of fused-ring (bicyclic) bond motifs is 1. The van der Waals surface area contributed by atoms with Crippen LogP contribution in [0.1, 0.15) is 49.3 Å². The Balaban J connectivity index is 1.26. The average molecular weight is 867 g/mol. The summed E-state index contributed by atoms with van der Waals surface area (Å²) in [5.41, 5.74) is 3.87. The van der Waals surface area contributed by atoms with Crippen LogP contribution in [0.2, 0.25) is 18.1 Å². The van der Waals surface area contributed by atoms with Crippen LogP contribution in [-0.2, 0) is 71.6 Å². The molecule has 3 heterocycles. The molecule has 4 aromatic carbocycles. The van der Waals surface area contributed by atoms with E-state index >= 15 is 0 Å². The first-order valence-electron chi connectivity index (χ1n) is 21.5. The quantitative estimate of drug-likeness (QED) is 0.0713. The maximum Gasteiger partial charge on any atom is 0.192 e. The van der Waals surface area contributed by atoms with Crippen molar-refractivity contribution < 1.29 is 51.8 Å². The van der Waals surface area contributed by atoms with E-state index in [1.54, 1.807) is 7.11 Å². The van der Waals surface area contributed by atoms with Crippen molar-refractivity contribution in [2.24, 2.45) is 0 Å². The summed E-state index contributed by atoms with van der Waals surface area (Å²) in [7, 11) is -0.897. The summed E-state index contributed by atoms with van der Waals surface area (Å²) in [6, 6.07) is 39.8. The van der Waals surface area contributed by atoms with Gasteiger partial charge in [0.15, 0.2) is 27.2 Å². The van der Waals surface area contributed by atoms with Gasteiger partial charge in [0, 0.05) is 12.7 Å². The van der Waals surface area contributed by atoms with Gasteiger partial charge in [-0.05, 0) is 34.8 Å². The normalized spacial score (nSPS) is 29.1. The first-order chi connectivity index (χ1) is 30.0. The molecule has 3 fully saturated rings. The molecular weight excluding hydrogens is 805 g/mol. The fourth-order valence-corrected chi connectivity index (χ4v) is 9.00. The molecule has 3 aliphatic rings. The average Bonchev–Trinajstić information content (AvgIpc) is 3.28. The molecule has 0 aromatic heterocycles. The minimum Gasteiger partial charge on any atom is -0.408 e. The lowest BCUT2D eigenvalue weighted by molar-refractivity contribution is -0.390. The summed E-state index contributed by atoms with van der Waals surface area (Å²) in [5.74, 6) is 2.66. The van der Waals surface area contributed by atoms with Gasteiger partial charge in [-0.25, -0.2) is 0 Å². The molecule has 3 aliphatic heterocycles. The van der Waals surface area contributed by atoms with Crippen molar-refractivity contribution in [1.82, 2.24) is 0 Å². The van der Waals surface area contributed by atoms with Crippen LogP contribution in [0.15, 0.2) is 121 Å². The molecular formula is C50H62O11Si. The predicted octanol–water partition coefficient (Wildman–Crippen LogP) is 8.38. The van der Waals surface area contributed by atoms with Crippen LogP contribution in [0.25, 0.3) is 0 Å². The molecule has 3 saturated heterocycles. The summed E-state index contributed by atoms with van der Waals surface area (Å²) >= 11 is 0. The molecule has 0 spiro atoms. The van der Waals surface area contributed by atoms with Gasteiger partial charge in [0.1, 0.15) is 55.4 Å². The maximum absolute atomic E-state index is 7.31. The van der Waals surface area contributed by atoms with E-state index in [4.69, 9.17) is 58.2 Å². The molecule has 1 unspecified atom stereocenters. The molecule has 0 amide bonds. The Morgan fingerprint density at radius 1 is 0.645 bits per heavy atom. The van der Waals surface area contributed by atoms with Crippen LogP contribution in [0.3, 0.4) is 0 Å². The van der Waals surface area contributed by atoms with E-state index in [1.165, 1.54) is 0 Å². The largest absolute Gasteiger partial charge is 0.408 e. The highest BCUT2D eigenvalue weighted by atomic mass is 28.4. The van der Waals surface area contributed by atoms with Gasteiger partial charge in [0.05, 0.1) is 33.0 Å². The van der Waals surface area contributed by atoms with Gasteiger partial charge < -0.3 is 51.8 Å².